The van der Waals surface area contributed by atoms with Gasteiger partial charge in [-0.15, -0.1) is 0 Å². The lowest BCUT2D eigenvalue weighted by Gasteiger charge is -2.45. The lowest BCUT2D eigenvalue weighted by atomic mass is 10.1. The van der Waals surface area contributed by atoms with Crippen LogP contribution in [0.3, 0.4) is 0 Å². The molecule has 3 aromatic rings. The normalized spacial score (nSPS) is 19.1. The minimum absolute atomic E-state index is 0.0834. The molecular weight excluding hydrogens is 448 g/mol. The number of nitrogens with one attached hydrogen (secondary N) is 1. The van der Waals surface area contributed by atoms with E-state index in [0.29, 0.717) is 18.5 Å². The van der Waals surface area contributed by atoms with Crippen molar-refractivity contribution in [2.45, 2.75) is 25.8 Å². The van der Waals surface area contributed by atoms with Crippen LogP contribution in [0.1, 0.15) is 18.4 Å². The van der Waals surface area contributed by atoms with Gasteiger partial charge in [0.05, 0.1) is 36.5 Å². The fourth-order valence-corrected chi connectivity index (χ4v) is 6.65. The third kappa shape index (κ3) is 4.34. The van der Waals surface area contributed by atoms with Gasteiger partial charge in [-0.2, -0.15) is 10.1 Å². The molecule has 0 atom stereocenters. The first-order valence-corrected chi connectivity index (χ1v) is 14.3. The molecule has 0 spiro atoms. The summed E-state index contributed by atoms with van der Waals surface area (Å²) in [6, 6.07) is 2.37. The first kappa shape index (κ1) is 22.6. The van der Waals surface area contributed by atoms with Gasteiger partial charge in [0.1, 0.15) is 5.69 Å². The Hall–Kier alpha value is -3.14. The summed E-state index contributed by atoms with van der Waals surface area (Å²) in [4.78, 5) is 30.6. The van der Waals surface area contributed by atoms with Crippen LogP contribution in [0, 0.1) is 6.92 Å². The Kier molecular flexibility index (Phi) is 5.71. The number of hydrogen-bond donors (Lipinski definition) is 1. The van der Waals surface area contributed by atoms with E-state index in [2.05, 4.69) is 37.8 Å². The maximum Gasteiger partial charge on any atom is 0.246 e. The number of carbonyl (C=O) groups is 1. The number of carbonyl (C=O) groups excluding carboxylic acids is 1. The maximum absolute atomic E-state index is 12.7. The Balaban J connectivity index is 1.42. The summed E-state index contributed by atoms with van der Waals surface area (Å²) < 4.78 is 1.77. The number of anilines is 4. The molecule has 10 heteroatoms. The van der Waals surface area contributed by atoms with Crippen molar-refractivity contribution in [1.82, 2.24) is 24.7 Å². The smallest absolute Gasteiger partial charge is 0.246 e. The fourth-order valence-electron chi connectivity index (χ4n) is 4.62. The molecule has 34 heavy (non-hydrogen) atoms. The predicted molar refractivity (Wildman–Crippen MR) is 139 cm³/mol. The summed E-state index contributed by atoms with van der Waals surface area (Å²) in [7, 11) is 3.18. The highest BCUT2D eigenvalue weighted by molar-refractivity contribution is 8.32. The van der Waals surface area contributed by atoms with E-state index in [9.17, 15) is 4.79 Å². The molecule has 0 unspecified atom stereocenters. The van der Waals surface area contributed by atoms with Crippen LogP contribution in [0.2, 0.25) is 0 Å². The molecule has 0 aliphatic carbocycles. The van der Waals surface area contributed by atoms with Crippen LogP contribution in [0.4, 0.5) is 23.1 Å². The molecule has 5 heterocycles. The SMILES string of the molecule is Cc1cc(-c2cnn(C)c2)ncc1Nc1ncc2c(n1)N(C1CCS(C)(C)CC1)CC(=O)N2C. The van der Waals surface area contributed by atoms with Crippen molar-refractivity contribution in [3.8, 4) is 11.3 Å². The Labute approximate surface area is 201 Å². The summed E-state index contributed by atoms with van der Waals surface area (Å²) in [5.74, 6) is 3.89. The zero-order chi connectivity index (χ0) is 24.0. The Morgan fingerprint density at radius 3 is 2.53 bits per heavy atom. The lowest BCUT2D eigenvalue weighted by Crippen LogP contribution is -2.50. The number of nitrogens with zero attached hydrogens (tertiary/aromatic N) is 7. The third-order valence-corrected chi connectivity index (χ3v) is 9.55. The van der Waals surface area contributed by atoms with Gasteiger partial charge in [-0.05, 0) is 55.4 Å². The lowest BCUT2D eigenvalue weighted by molar-refractivity contribution is -0.117. The van der Waals surface area contributed by atoms with Crippen LogP contribution in [0.15, 0.2) is 30.9 Å². The van der Waals surface area contributed by atoms with Crippen molar-refractivity contribution in [2.75, 3.05) is 52.7 Å². The quantitative estimate of drug-likeness (QED) is 0.612. The average molecular weight is 481 g/mol. The molecule has 1 N–H and O–H groups in total. The minimum atomic E-state index is -0.511. The highest BCUT2D eigenvalue weighted by Gasteiger charge is 2.35. The van der Waals surface area contributed by atoms with Crippen molar-refractivity contribution in [3.63, 3.8) is 0 Å². The van der Waals surface area contributed by atoms with E-state index in [1.807, 2.05) is 32.4 Å². The molecule has 0 bridgehead atoms. The summed E-state index contributed by atoms with van der Waals surface area (Å²) in [6.07, 6.45) is 14.3. The fraction of sp³-hybridized carbons (Fsp3) is 0.458. The Morgan fingerprint density at radius 1 is 1.09 bits per heavy atom. The van der Waals surface area contributed by atoms with Gasteiger partial charge in [0, 0.05) is 31.9 Å². The van der Waals surface area contributed by atoms with Gasteiger partial charge < -0.3 is 15.1 Å². The van der Waals surface area contributed by atoms with Crippen molar-refractivity contribution < 1.29 is 4.79 Å². The number of rotatable bonds is 4. The Bertz CT molecular complexity index is 1230. The number of fused-ring (bicyclic) bond motifs is 1. The van der Waals surface area contributed by atoms with Gasteiger partial charge >= 0.3 is 0 Å². The zero-order valence-electron chi connectivity index (χ0n) is 20.4. The highest BCUT2D eigenvalue weighted by atomic mass is 32.3. The highest BCUT2D eigenvalue weighted by Crippen LogP contribution is 2.47. The van der Waals surface area contributed by atoms with Gasteiger partial charge in [-0.1, -0.05) is 0 Å². The maximum atomic E-state index is 12.7. The monoisotopic (exact) mass is 480 g/mol. The average Bonchev–Trinajstić information content (AvgIpc) is 3.24. The number of likely N-dealkylation sites (N-methyl/N-ethyl adjacent to an activating group) is 1. The van der Waals surface area contributed by atoms with E-state index in [1.54, 1.807) is 29.0 Å². The summed E-state index contributed by atoms with van der Waals surface area (Å²) in [5, 5.41) is 7.57. The molecule has 1 fully saturated rings. The van der Waals surface area contributed by atoms with Crippen LogP contribution in [0.5, 0.6) is 0 Å². The van der Waals surface area contributed by atoms with Crippen LogP contribution in [-0.2, 0) is 11.8 Å². The second-order valence-electron chi connectivity index (χ2n) is 9.80. The molecule has 0 saturated carbocycles. The van der Waals surface area contributed by atoms with Crippen molar-refractivity contribution in [3.05, 3.63) is 36.4 Å². The van der Waals surface area contributed by atoms with Crippen LogP contribution < -0.4 is 15.1 Å². The van der Waals surface area contributed by atoms with E-state index in [1.165, 1.54) is 11.5 Å². The number of aromatic nitrogens is 5. The molecule has 2 aliphatic heterocycles. The zero-order valence-corrected chi connectivity index (χ0v) is 21.3. The van der Waals surface area contributed by atoms with Gasteiger partial charge in [-0.25, -0.2) is 15.0 Å². The predicted octanol–water partition coefficient (Wildman–Crippen LogP) is 3.33. The number of hydrogen-bond acceptors (Lipinski definition) is 7. The van der Waals surface area contributed by atoms with Gasteiger partial charge in [0.15, 0.2) is 5.82 Å². The summed E-state index contributed by atoms with van der Waals surface area (Å²) in [5.41, 5.74) is 4.50. The third-order valence-electron chi connectivity index (χ3n) is 6.87. The topological polar surface area (TPSA) is 92.1 Å². The standard InChI is InChI=1S/C24H32N8OS/c1-16-10-19(17-11-27-30(2)14-17)25-12-20(16)28-24-26-13-21-23(29-24)32(15-22(33)31(21)3)18-6-8-34(4,5)9-7-18/h10-14,18H,6-9,15H2,1-5H3,(H,26,28,29). The van der Waals surface area contributed by atoms with E-state index in [-0.39, 0.29) is 5.91 Å². The van der Waals surface area contributed by atoms with E-state index >= 15 is 0 Å². The summed E-state index contributed by atoms with van der Waals surface area (Å²) >= 11 is 0. The second kappa shape index (κ2) is 8.57. The second-order valence-corrected chi connectivity index (χ2v) is 14.2. The largest absolute Gasteiger partial charge is 0.342 e. The van der Waals surface area contributed by atoms with E-state index in [4.69, 9.17) is 4.98 Å². The molecule has 9 nitrogen and oxygen atoms in total. The molecule has 5 rings (SSSR count). The molecule has 1 saturated heterocycles. The van der Waals surface area contributed by atoms with E-state index < -0.39 is 10.0 Å². The van der Waals surface area contributed by atoms with Crippen molar-refractivity contribution in [1.29, 1.82) is 0 Å². The van der Waals surface area contributed by atoms with Crippen molar-refractivity contribution >= 4 is 39.1 Å². The van der Waals surface area contributed by atoms with Gasteiger partial charge in [-0.3, -0.25) is 14.5 Å². The molecule has 3 aromatic heterocycles. The molecule has 1 amide bonds. The molecule has 0 radical (unpaired) electrons. The van der Waals surface area contributed by atoms with Crippen LogP contribution >= 0.6 is 10.0 Å². The van der Waals surface area contributed by atoms with Gasteiger partial charge in [0.2, 0.25) is 11.9 Å². The summed E-state index contributed by atoms with van der Waals surface area (Å²) in [6.45, 7) is 2.40. The minimum Gasteiger partial charge on any atom is -0.342 e. The number of pyridine rings is 1. The van der Waals surface area contributed by atoms with Crippen LogP contribution in [0.25, 0.3) is 11.3 Å². The van der Waals surface area contributed by atoms with Gasteiger partial charge in [0.25, 0.3) is 0 Å². The molecule has 0 aromatic carbocycles. The molecular formula is C24H32N8OS. The molecule has 2 aliphatic rings. The first-order chi connectivity index (χ1) is 16.2. The number of amides is 1. The van der Waals surface area contributed by atoms with E-state index in [0.717, 1.165) is 46.9 Å². The van der Waals surface area contributed by atoms with Crippen LogP contribution in [-0.4, -0.2) is 74.3 Å². The number of aryl methyl sites for hydroxylation is 2. The van der Waals surface area contributed by atoms with Crippen molar-refractivity contribution in [2.24, 2.45) is 7.05 Å². The molecule has 180 valence electrons. The first-order valence-electron chi connectivity index (χ1n) is 11.5. The Morgan fingerprint density at radius 2 is 1.85 bits per heavy atom.